The van der Waals surface area contributed by atoms with Gasteiger partial charge in [-0.05, 0) is 43.4 Å². The lowest BCUT2D eigenvalue weighted by Crippen LogP contribution is -2.30. The van der Waals surface area contributed by atoms with Crippen LogP contribution in [0.15, 0.2) is 0 Å². The zero-order valence-corrected chi connectivity index (χ0v) is 56.1. The highest BCUT2D eigenvalue weighted by Crippen LogP contribution is 2.45. The smallest absolute Gasteiger partial charge is 0.462 e. The van der Waals surface area contributed by atoms with Gasteiger partial charge < -0.3 is 33.8 Å². The first-order valence-electron chi connectivity index (χ1n) is 33.9. The van der Waals surface area contributed by atoms with Crippen LogP contribution < -0.4 is 0 Å². The number of phosphoric acid groups is 2. The van der Waals surface area contributed by atoms with Crippen LogP contribution in [-0.2, 0) is 65.4 Å². The summed E-state index contributed by atoms with van der Waals surface area (Å²) in [6.45, 7) is 11.7. The topological polar surface area (TPSA) is 237 Å². The first-order valence-corrected chi connectivity index (χ1v) is 36.9. The number of esters is 4. The van der Waals surface area contributed by atoms with Crippen molar-refractivity contribution in [2.24, 2.45) is 17.8 Å². The van der Waals surface area contributed by atoms with Gasteiger partial charge in [-0.15, -0.1) is 0 Å². The van der Waals surface area contributed by atoms with Crippen LogP contribution in [0.5, 0.6) is 0 Å². The number of carbonyl (C=O) groups is 4. The molecule has 0 saturated heterocycles. The first kappa shape index (κ1) is 82.1. The summed E-state index contributed by atoms with van der Waals surface area (Å²) in [5.41, 5.74) is 0. The molecule has 0 saturated carbocycles. The Kier molecular flexibility index (Phi) is 55.0. The van der Waals surface area contributed by atoms with Crippen molar-refractivity contribution >= 4 is 39.5 Å². The molecule has 3 N–H and O–H groups in total. The van der Waals surface area contributed by atoms with Crippen molar-refractivity contribution in [3.05, 3.63) is 0 Å². The fraction of sp³-hybridized carbons (Fsp3) is 0.938. The number of aliphatic hydroxyl groups is 1. The minimum atomic E-state index is -4.95. The number of hydrogen-bond acceptors (Lipinski definition) is 15. The van der Waals surface area contributed by atoms with Crippen LogP contribution in [-0.4, -0.2) is 96.7 Å². The van der Waals surface area contributed by atoms with Crippen LogP contribution in [0.1, 0.15) is 318 Å². The molecule has 19 heteroatoms. The molecule has 0 aromatic heterocycles. The first-order chi connectivity index (χ1) is 40.3. The molecular weight excluding hydrogens is 1110 g/mol. The number of hydrogen-bond donors (Lipinski definition) is 3. The highest BCUT2D eigenvalue weighted by molar-refractivity contribution is 7.47. The number of ether oxygens (including phenoxy) is 4. The normalized spacial score (nSPS) is 15.0. The minimum Gasteiger partial charge on any atom is -0.462 e. The summed E-state index contributed by atoms with van der Waals surface area (Å²) in [6.07, 6.45) is 38.0. The molecule has 17 nitrogen and oxygen atoms in total. The van der Waals surface area contributed by atoms with Crippen molar-refractivity contribution in [1.29, 1.82) is 0 Å². The van der Waals surface area contributed by atoms with E-state index in [0.717, 1.165) is 114 Å². The molecule has 0 rings (SSSR count). The summed E-state index contributed by atoms with van der Waals surface area (Å²) in [4.78, 5) is 72.0. The van der Waals surface area contributed by atoms with E-state index in [2.05, 4.69) is 48.5 Å². The summed E-state index contributed by atoms with van der Waals surface area (Å²) in [7, 11) is -9.88. The molecule has 498 valence electrons. The number of phosphoric ester groups is 2. The van der Waals surface area contributed by atoms with Gasteiger partial charge in [-0.3, -0.25) is 37.3 Å². The Morgan fingerprint density at radius 3 is 0.905 bits per heavy atom. The molecule has 0 aromatic carbocycles. The second-order valence-electron chi connectivity index (χ2n) is 24.5. The van der Waals surface area contributed by atoms with Gasteiger partial charge in [-0.1, -0.05) is 267 Å². The molecule has 0 spiro atoms. The summed E-state index contributed by atoms with van der Waals surface area (Å²) in [5, 5.41) is 10.5. The molecule has 0 aliphatic heterocycles. The Bertz CT molecular complexity index is 1670. The van der Waals surface area contributed by atoms with Gasteiger partial charge in [0.25, 0.3) is 0 Å². The van der Waals surface area contributed by atoms with Gasteiger partial charge in [-0.25, -0.2) is 9.13 Å². The van der Waals surface area contributed by atoms with Crippen molar-refractivity contribution in [3.8, 4) is 0 Å². The average Bonchev–Trinajstić information content (AvgIpc) is 3.47. The molecule has 0 heterocycles. The molecule has 0 aromatic rings. The third kappa shape index (κ3) is 56.6. The van der Waals surface area contributed by atoms with Gasteiger partial charge in [0, 0.05) is 25.7 Å². The quantitative estimate of drug-likeness (QED) is 0.0222. The van der Waals surface area contributed by atoms with Crippen LogP contribution in [0.25, 0.3) is 0 Å². The zero-order valence-electron chi connectivity index (χ0n) is 54.4. The third-order valence-corrected chi connectivity index (χ3v) is 17.5. The van der Waals surface area contributed by atoms with Gasteiger partial charge in [0.1, 0.15) is 19.3 Å². The fourth-order valence-electron chi connectivity index (χ4n) is 9.59. The van der Waals surface area contributed by atoms with Crippen molar-refractivity contribution in [2.45, 2.75) is 336 Å². The number of unbranched alkanes of at least 4 members (excludes halogenated alkanes) is 29. The third-order valence-electron chi connectivity index (χ3n) is 15.6. The molecule has 0 aliphatic rings. The largest absolute Gasteiger partial charge is 0.472 e. The maximum atomic E-state index is 13.0. The standard InChI is InChI=1S/C65H126O17P2/c1-8-11-12-29-39-46-62(67)75-52-60(82-65(70)49-42-35-28-27-32-38-45-58(7)10-3)54-79-83(71,72)77-50-59(66)51-78-84(73,74)80-55-61(53-76-63(68)47-40-33-25-22-21-23-30-36-43-56(4)5)81-64(69)48-41-34-26-20-18-16-14-13-15-17-19-24-31-37-44-57(6)9-2/h56-61,66H,8-55H2,1-7H3,(H,71,72)(H,73,74)/t57?,58?,59-,60+,61+/m0/s1. The Balaban J connectivity index is 5.16. The van der Waals surface area contributed by atoms with Gasteiger partial charge in [0.15, 0.2) is 12.2 Å². The van der Waals surface area contributed by atoms with E-state index < -0.39 is 97.5 Å². The molecule has 7 atom stereocenters. The SMILES string of the molecule is CCCCCCCC(=O)OC[C@H](COP(=O)(O)OC[C@H](O)COP(=O)(O)OC[C@@H](COC(=O)CCCCCCCCCCC(C)C)OC(=O)CCCCCCCCCCCCCCCCC(C)CC)OC(=O)CCCCCCCCC(C)CC. The van der Waals surface area contributed by atoms with E-state index in [1.54, 1.807) is 0 Å². The lowest BCUT2D eigenvalue weighted by atomic mass is 9.99. The van der Waals surface area contributed by atoms with Crippen molar-refractivity contribution in [2.75, 3.05) is 39.6 Å². The fourth-order valence-corrected chi connectivity index (χ4v) is 11.2. The van der Waals surface area contributed by atoms with E-state index in [-0.39, 0.29) is 25.7 Å². The van der Waals surface area contributed by atoms with Crippen LogP contribution >= 0.6 is 15.6 Å². The highest BCUT2D eigenvalue weighted by Gasteiger charge is 2.30. The summed E-state index contributed by atoms with van der Waals surface area (Å²) in [5.74, 6) is 0.145. The van der Waals surface area contributed by atoms with Crippen molar-refractivity contribution < 1.29 is 80.2 Å². The van der Waals surface area contributed by atoms with Crippen LogP contribution in [0.3, 0.4) is 0 Å². The van der Waals surface area contributed by atoms with Crippen LogP contribution in [0, 0.1) is 17.8 Å². The van der Waals surface area contributed by atoms with E-state index in [9.17, 15) is 43.2 Å². The molecule has 0 amide bonds. The predicted octanol–water partition coefficient (Wildman–Crippen LogP) is 17.9. The van der Waals surface area contributed by atoms with Gasteiger partial charge in [0.05, 0.1) is 26.4 Å². The molecule has 0 bridgehead atoms. The van der Waals surface area contributed by atoms with Gasteiger partial charge in [-0.2, -0.15) is 0 Å². The molecule has 0 radical (unpaired) electrons. The molecular formula is C65H126O17P2. The lowest BCUT2D eigenvalue weighted by molar-refractivity contribution is -0.161. The van der Waals surface area contributed by atoms with E-state index in [1.165, 1.54) is 122 Å². The summed E-state index contributed by atoms with van der Waals surface area (Å²) < 4.78 is 67.8. The maximum Gasteiger partial charge on any atom is 0.472 e. The zero-order chi connectivity index (χ0) is 62.4. The average molecular weight is 1240 g/mol. The number of rotatable bonds is 63. The van der Waals surface area contributed by atoms with Crippen molar-refractivity contribution in [3.63, 3.8) is 0 Å². The number of aliphatic hydroxyl groups excluding tert-OH is 1. The highest BCUT2D eigenvalue weighted by atomic mass is 31.2. The Hall–Kier alpha value is -1.94. The van der Waals surface area contributed by atoms with E-state index in [1.807, 2.05) is 0 Å². The summed E-state index contributed by atoms with van der Waals surface area (Å²) in [6, 6.07) is 0. The second-order valence-corrected chi connectivity index (χ2v) is 27.4. The van der Waals surface area contributed by atoms with E-state index >= 15 is 0 Å². The predicted molar refractivity (Wildman–Crippen MR) is 335 cm³/mol. The molecule has 4 unspecified atom stereocenters. The van der Waals surface area contributed by atoms with Crippen LogP contribution in [0.2, 0.25) is 0 Å². The van der Waals surface area contributed by atoms with Gasteiger partial charge in [0.2, 0.25) is 0 Å². The van der Waals surface area contributed by atoms with Crippen LogP contribution in [0.4, 0.5) is 0 Å². The molecule has 0 fully saturated rings. The van der Waals surface area contributed by atoms with E-state index in [0.29, 0.717) is 25.7 Å². The molecule has 0 aliphatic carbocycles. The second kappa shape index (κ2) is 56.3. The maximum absolute atomic E-state index is 13.0. The Morgan fingerprint density at radius 2 is 0.607 bits per heavy atom. The monoisotopic (exact) mass is 1240 g/mol. The summed E-state index contributed by atoms with van der Waals surface area (Å²) >= 11 is 0. The van der Waals surface area contributed by atoms with E-state index in [4.69, 9.17) is 37.0 Å². The lowest BCUT2D eigenvalue weighted by Gasteiger charge is -2.21. The molecule has 84 heavy (non-hydrogen) atoms. The van der Waals surface area contributed by atoms with Gasteiger partial charge >= 0.3 is 39.5 Å². The Morgan fingerprint density at radius 1 is 0.345 bits per heavy atom. The minimum absolute atomic E-state index is 0.102. The number of carbonyl (C=O) groups excluding carboxylic acids is 4. The Labute approximate surface area is 511 Å². The van der Waals surface area contributed by atoms with Crippen molar-refractivity contribution in [1.82, 2.24) is 0 Å².